The average Bonchev–Trinajstić information content (AvgIpc) is 2.47. The molecular formula is C15H24N4O. The molecule has 110 valence electrons. The molecule has 1 N–H and O–H groups in total. The summed E-state index contributed by atoms with van der Waals surface area (Å²) in [5.74, 6) is 0.693. The van der Waals surface area contributed by atoms with Crippen LogP contribution in [0.4, 0.5) is 5.82 Å². The van der Waals surface area contributed by atoms with Crippen molar-refractivity contribution in [2.45, 2.75) is 25.8 Å². The van der Waals surface area contributed by atoms with Gasteiger partial charge in [-0.2, -0.15) is 0 Å². The third-order valence-corrected chi connectivity index (χ3v) is 3.74. The van der Waals surface area contributed by atoms with Gasteiger partial charge in [-0.15, -0.1) is 0 Å². The number of pyridine rings is 1. The number of carbonyl (C=O) groups is 1. The first-order chi connectivity index (χ1) is 9.61. The first-order valence-electron chi connectivity index (χ1n) is 7.27. The van der Waals surface area contributed by atoms with Crippen LogP contribution >= 0.6 is 0 Å². The molecule has 2 rings (SSSR count). The largest absolute Gasteiger partial charge is 0.362 e. The van der Waals surface area contributed by atoms with Crippen LogP contribution in [-0.2, 0) is 0 Å². The van der Waals surface area contributed by atoms with E-state index in [0.717, 1.165) is 32.5 Å². The van der Waals surface area contributed by atoms with Crippen molar-refractivity contribution in [3.05, 3.63) is 23.9 Å². The first-order valence-corrected chi connectivity index (χ1v) is 7.27. The van der Waals surface area contributed by atoms with E-state index in [0.29, 0.717) is 11.4 Å². The van der Waals surface area contributed by atoms with Crippen molar-refractivity contribution in [3.8, 4) is 0 Å². The molecule has 1 aromatic rings. The molecular weight excluding hydrogens is 252 g/mol. The number of nitrogens with zero attached hydrogens (tertiary/aromatic N) is 3. The molecule has 1 aliphatic rings. The Kier molecular flexibility index (Phi) is 4.95. The van der Waals surface area contributed by atoms with Gasteiger partial charge in [-0.05, 0) is 38.1 Å². The molecule has 20 heavy (non-hydrogen) atoms. The Morgan fingerprint density at radius 2 is 2.35 bits per heavy atom. The third kappa shape index (κ3) is 3.48. The molecule has 1 atom stereocenters. The van der Waals surface area contributed by atoms with Crippen LogP contribution in [0.2, 0.25) is 0 Å². The van der Waals surface area contributed by atoms with E-state index in [4.69, 9.17) is 0 Å². The molecule has 5 heteroatoms. The number of anilines is 1. The average molecular weight is 276 g/mol. The summed E-state index contributed by atoms with van der Waals surface area (Å²) in [6.45, 7) is 5.29. The maximum Gasteiger partial charge on any atom is 0.255 e. The number of amides is 1. The fourth-order valence-corrected chi connectivity index (χ4v) is 2.65. The predicted molar refractivity (Wildman–Crippen MR) is 81.2 cm³/mol. The fraction of sp³-hybridized carbons (Fsp3) is 0.600. The second-order valence-electron chi connectivity index (χ2n) is 5.47. The van der Waals surface area contributed by atoms with Gasteiger partial charge in [0.25, 0.3) is 5.91 Å². The number of likely N-dealkylation sites (N-methyl/N-ethyl adjacent to an activating group) is 1. The van der Waals surface area contributed by atoms with Crippen molar-refractivity contribution in [2.24, 2.45) is 0 Å². The zero-order valence-corrected chi connectivity index (χ0v) is 12.6. The van der Waals surface area contributed by atoms with Gasteiger partial charge < -0.3 is 15.1 Å². The number of piperidine rings is 1. The van der Waals surface area contributed by atoms with E-state index >= 15 is 0 Å². The monoisotopic (exact) mass is 276 g/mol. The molecule has 0 unspecified atom stereocenters. The van der Waals surface area contributed by atoms with Crippen molar-refractivity contribution >= 4 is 11.7 Å². The van der Waals surface area contributed by atoms with Crippen LogP contribution in [0.15, 0.2) is 18.3 Å². The number of aromatic nitrogens is 1. The van der Waals surface area contributed by atoms with Gasteiger partial charge in [0, 0.05) is 32.9 Å². The Labute approximate surface area is 121 Å². The second kappa shape index (κ2) is 6.70. The number of hydrogen-bond acceptors (Lipinski definition) is 4. The van der Waals surface area contributed by atoms with Crippen molar-refractivity contribution in [2.75, 3.05) is 38.6 Å². The summed E-state index contributed by atoms with van der Waals surface area (Å²) < 4.78 is 0. The van der Waals surface area contributed by atoms with Crippen molar-refractivity contribution < 1.29 is 4.79 Å². The van der Waals surface area contributed by atoms with Gasteiger partial charge in [0.1, 0.15) is 5.82 Å². The molecule has 1 aromatic heterocycles. The Balaban J connectivity index is 2.05. The zero-order valence-electron chi connectivity index (χ0n) is 12.6. The summed E-state index contributed by atoms with van der Waals surface area (Å²) in [6.07, 6.45) is 3.91. The Hall–Kier alpha value is -1.62. The number of rotatable bonds is 4. The highest BCUT2D eigenvalue weighted by molar-refractivity contribution is 5.99. The van der Waals surface area contributed by atoms with E-state index in [1.54, 1.807) is 12.3 Å². The SMILES string of the molecule is CCN1CCC[C@H](NC(=O)c2cccnc2N(C)C)C1. The lowest BCUT2D eigenvalue weighted by molar-refractivity contribution is 0.0906. The van der Waals surface area contributed by atoms with E-state index in [9.17, 15) is 4.79 Å². The molecule has 0 aromatic carbocycles. The van der Waals surface area contributed by atoms with Gasteiger partial charge in [-0.3, -0.25) is 4.79 Å². The lowest BCUT2D eigenvalue weighted by Gasteiger charge is -2.32. The molecule has 0 bridgehead atoms. The molecule has 0 saturated carbocycles. The fourth-order valence-electron chi connectivity index (χ4n) is 2.65. The van der Waals surface area contributed by atoms with Gasteiger partial charge in [0.05, 0.1) is 5.56 Å². The Morgan fingerprint density at radius 1 is 1.55 bits per heavy atom. The van der Waals surface area contributed by atoms with E-state index in [2.05, 4.69) is 22.1 Å². The van der Waals surface area contributed by atoms with E-state index < -0.39 is 0 Å². The van der Waals surface area contributed by atoms with Crippen LogP contribution in [0.5, 0.6) is 0 Å². The van der Waals surface area contributed by atoms with E-state index in [-0.39, 0.29) is 11.9 Å². The summed E-state index contributed by atoms with van der Waals surface area (Å²) in [5, 5.41) is 3.15. The minimum absolute atomic E-state index is 0.0234. The maximum absolute atomic E-state index is 12.4. The van der Waals surface area contributed by atoms with Gasteiger partial charge in [-0.1, -0.05) is 6.92 Å². The summed E-state index contributed by atoms with van der Waals surface area (Å²) in [5.41, 5.74) is 0.645. The van der Waals surface area contributed by atoms with Crippen LogP contribution in [0.3, 0.4) is 0 Å². The van der Waals surface area contributed by atoms with Crippen molar-refractivity contribution in [3.63, 3.8) is 0 Å². The normalized spacial score (nSPS) is 19.6. The second-order valence-corrected chi connectivity index (χ2v) is 5.47. The topological polar surface area (TPSA) is 48.5 Å². The smallest absolute Gasteiger partial charge is 0.255 e. The summed E-state index contributed by atoms with van der Waals surface area (Å²) in [4.78, 5) is 21.0. The van der Waals surface area contributed by atoms with Gasteiger partial charge in [0.2, 0.25) is 0 Å². The summed E-state index contributed by atoms with van der Waals surface area (Å²) in [7, 11) is 3.80. The summed E-state index contributed by atoms with van der Waals surface area (Å²) >= 11 is 0. The van der Waals surface area contributed by atoms with Crippen LogP contribution in [0, 0.1) is 0 Å². The molecule has 5 nitrogen and oxygen atoms in total. The molecule has 2 heterocycles. The zero-order chi connectivity index (χ0) is 14.5. The molecule has 1 saturated heterocycles. The first kappa shape index (κ1) is 14.8. The van der Waals surface area contributed by atoms with E-state index in [1.807, 2.05) is 25.1 Å². The quantitative estimate of drug-likeness (QED) is 0.902. The summed E-state index contributed by atoms with van der Waals surface area (Å²) in [6, 6.07) is 3.88. The lowest BCUT2D eigenvalue weighted by Crippen LogP contribution is -2.47. The standard InChI is InChI=1S/C15H24N4O/c1-4-19-10-6-7-12(11-19)17-15(20)13-8-5-9-16-14(13)18(2)3/h5,8-9,12H,4,6-7,10-11H2,1-3H3,(H,17,20)/t12-/m0/s1. The lowest BCUT2D eigenvalue weighted by atomic mass is 10.1. The molecule has 0 aliphatic carbocycles. The highest BCUT2D eigenvalue weighted by Gasteiger charge is 2.22. The number of carbonyl (C=O) groups excluding carboxylic acids is 1. The van der Waals surface area contributed by atoms with Gasteiger partial charge in [-0.25, -0.2) is 4.98 Å². The van der Waals surface area contributed by atoms with E-state index in [1.165, 1.54) is 0 Å². The number of hydrogen-bond donors (Lipinski definition) is 1. The maximum atomic E-state index is 12.4. The minimum Gasteiger partial charge on any atom is -0.362 e. The van der Waals surface area contributed by atoms with Gasteiger partial charge >= 0.3 is 0 Å². The highest BCUT2D eigenvalue weighted by atomic mass is 16.1. The molecule has 0 spiro atoms. The Bertz CT molecular complexity index is 461. The van der Waals surface area contributed by atoms with Gasteiger partial charge in [0.15, 0.2) is 0 Å². The molecule has 1 fully saturated rings. The highest BCUT2D eigenvalue weighted by Crippen LogP contribution is 2.16. The number of nitrogens with one attached hydrogen (secondary N) is 1. The Morgan fingerprint density at radius 3 is 3.05 bits per heavy atom. The van der Waals surface area contributed by atoms with Crippen molar-refractivity contribution in [1.29, 1.82) is 0 Å². The van der Waals surface area contributed by atoms with Crippen LogP contribution < -0.4 is 10.2 Å². The molecule has 1 aliphatic heterocycles. The van der Waals surface area contributed by atoms with Crippen LogP contribution in [-0.4, -0.2) is 55.6 Å². The third-order valence-electron chi connectivity index (χ3n) is 3.74. The van der Waals surface area contributed by atoms with Crippen molar-refractivity contribution in [1.82, 2.24) is 15.2 Å². The minimum atomic E-state index is -0.0234. The molecule has 0 radical (unpaired) electrons. The molecule has 1 amide bonds. The number of likely N-dealkylation sites (tertiary alicyclic amines) is 1. The van der Waals surface area contributed by atoms with Crippen LogP contribution in [0.25, 0.3) is 0 Å². The predicted octanol–water partition coefficient (Wildman–Crippen LogP) is 1.36. The van der Waals surface area contributed by atoms with Crippen LogP contribution in [0.1, 0.15) is 30.1 Å².